The standard InChI is InChI=1S/C24H23N5O3S/c1-16(30)28-9-7-27(8-10-28)14-17-3-2-4-19(11-17)20-13-25-22-6-5-18(15-29(20)22)12-21-23(31)26-24(32)33-21/h2-6,11-13,15H,7-10,14H2,1H3,(H,26,31,32). The monoisotopic (exact) mass is 461 g/mol. The second-order valence-corrected chi connectivity index (χ2v) is 9.18. The molecule has 0 saturated carbocycles. The van der Waals surface area contributed by atoms with Crippen LogP contribution in [0.1, 0.15) is 18.1 Å². The number of carbonyl (C=O) groups is 3. The number of nitrogens with zero attached hydrogens (tertiary/aromatic N) is 4. The van der Waals surface area contributed by atoms with E-state index < -0.39 is 0 Å². The van der Waals surface area contributed by atoms with Crippen molar-refractivity contribution in [2.45, 2.75) is 13.5 Å². The molecule has 4 heterocycles. The lowest BCUT2D eigenvalue weighted by Crippen LogP contribution is -2.47. The molecule has 0 unspecified atom stereocenters. The van der Waals surface area contributed by atoms with Gasteiger partial charge in [0.1, 0.15) is 5.65 Å². The van der Waals surface area contributed by atoms with Gasteiger partial charge in [-0.2, -0.15) is 0 Å². The molecule has 9 heteroatoms. The number of hydrogen-bond acceptors (Lipinski definition) is 6. The highest BCUT2D eigenvalue weighted by Crippen LogP contribution is 2.27. The van der Waals surface area contributed by atoms with Crippen LogP contribution in [0.4, 0.5) is 4.79 Å². The minimum Gasteiger partial charge on any atom is -0.340 e. The highest BCUT2D eigenvalue weighted by atomic mass is 32.2. The maximum absolute atomic E-state index is 11.9. The fourth-order valence-electron chi connectivity index (χ4n) is 4.18. The zero-order valence-corrected chi connectivity index (χ0v) is 19.0. The molecule has 3 amide bonds. The Kier molecular flexibility index (Phi) is 5.74. The van der Waals surface area contributed by atoms with Crippen LogP contribution in [0, 0.1) is 0 Å². The van der Waals surface area contributed by atoms with E-state index in [9.17, 15) is 14.4 Å². The van der Waals surface area contributed by atoms with E-state index in [1.54, 1.807) is 13.0 Å². The van der Waals surface area contributed by atoms with E-state index in [-0.39, 0.29) is 17.1 Å². The first-order chi connectivity index (χ1) is 16.0. The number of amides is 3. The molecule has 2 saturated heterocycles. The van der Waals surface area contributed by atoms with Gasteiger partial charge in [0.15, 0.2) is 0 Å². The number of benzene rings is 1. The molecule has 0 bridgehead atoms. The van der Waals surface area contributed by atoms with Crippen molar-refractivity contribution >= 4 is 40.5 Å². The third kappa shape index (κ3) is 4.55. The van der Waals surface area contributed by atoms with Gasteiger partial charge in [-0.25, -0.2) is 4.98 Å². The summed E-state index contributed by atoms with van der Waals surface area (Å²) in [5.41, 5.74) is 4.82. The Morgan fingerprint density at radius 1 is 1.15 bits per heavy atom. The van der Waals surface area contributed by atoms with Crippen LogP contribution in [0.2, 0.25) is 0 Å². The largest absolute Gasteiger partial charge is 0.340 e. The quantitative estimate of drug-likeness (QED) is 0.601. The van der Waals surface area contributed by atoms with Gasteiger partial charge in [0.05, 0.1) is 16.8 Å². The van der Waals surface area contributed by atoms with Crippen molar-refractivity contribution in [2.75, 3.05) is 26.2 Å². The number of rotatable bonds is 4. The molecule has 0 aliphatic carbocycles. The van der Waals surface area contributed by atoms with E-state index >= 15 is 0 Å². The number of pyridine rings is 1. The van der Waals surface area contributed by atoms with E-state index in [1.165, 1.54) is 5.56 Å². The Bertz CT molecular complexity index is 1290. The van der Waals surface area contributed by atoms with E-state index in [1.807, 2.05) is 39.9 Å². The molecule has 1 N–H and O–H groups in total. The Hall–Kier alpha value is -3.43. The van der Waals surface area contributed by atoms with Gasteiger partial charge in [-0.15, -0.1) is 0 Å². The van der Waals surface area contributed by atoms with Crippen molar-refractivity contribution in [1.82, 2.24) is 24.5 Å². The van der Waals surface area contributed by atoms with Gasteiger partial charge in [0.25, 0.3) is 11.1 Å². The Labute approximate surface area is 195 Å². The second kappa shape index (κ2) is 8.84. The summed E-state index contributed by atoms with van der Waals surface area (Å²) in [5.74, 6) is -0.231. The van der Waals surface area contributed by atoms with Crippen molar-refractivity contribution in [1.29, 1.82) is 0 Å². The highest BCUT2D eigenvalue weighted by molar-refractivity contribution is 8.18. The molecule has 33 heavy (non-hydrogen) atoms. The minimum absolute atomic E-state index is 0.137. The maximum Gasteiger partial charge on any atom is 0.290 e. The van der Waals surface area contributed by atoms with Crippen LogP contribution in [-0.4, -0.2) is 62.4 Å². The number of fused-ring (bicyclic) bond motifs is 1. The molecule has 0 atom stereocenters. The van der Waals surface area contributed by atoms with Gasteiger partial charge in [0, 0.05) is 51.4 Å². The van der Waals surface area contributed by atoms with Gasteiger partial charge >= 0.3 is 0 Å². The zero-order valence-electron chi connectivity index (χ0n) is 18.2. The smallest absolute Gasteiger partial charge is 0.290 e. The van der Waals surface area contributed by atoms with E-state index in [4.69, 9.17) is 0 Å². The van der Waals surface area contributed by atoms with Gasteiger partial charge in [-0.3, -0.25) is 29.0 Å². The molecule has 0 spiro atoms. The Morgan fingerprint density at radius 2 is 1.97 bits per heavy atom. The third-order valence-corrected chi connectivity index (χ3v) is 6.73. The normalized spacial score (nSPS) is 18.3. The number of thioether (sulfide) groups is 1. The predicted octanol–water partition coefficient (Wildman–Crippen LogP) is 2.99. The van der Waals surface area contributed by atoms with Crippen molar-refractivity contribution in [2.24, 2.45) is 0 Å². The molecule has 0 radical (unpaired) electrons. The molecule has 8 nitrogen and oxygen atoms in total. The number of piperazine rings is 1. The van der Waals surface area contributed by atoms with Crippen LogP contribution >= 0.6 is 11.8 Å². The number of imidazole rings is 1. The van der Waals surface area contributed by atoms with Crippen LogP contribution in [0.15, 0.2) is 53.7 Å². The van der Waals surface area contributed by atoms with E-state index in [0.29, 0.717) is 4.91 Å². The third-order valence-electron chi connectivity index (χ3n) is 5.91. The molecule has 2 aliphatic rings. The summed E-state index contributed by atoms with van der Waals surface area (Å²) in [7, 11) is 0. The predicted molar refractivity (Wildman–Crippen MR) is 127 cm³/mol. The second-order valence-electron chi connectivity index (χ2n) is 8.17. The molecule has 168 valence electrons. The number of imide groups is 1. The number of aromatic nitrogens is 2. The van der Waals surface area contributed by atoms with Crippen LogP contribution in [0.5, 0.6) is 0 Å². The summed E-state index contributed by atoms with van der Waals surface area (Å²) >= 11 is 0.907. The number of carbonyl (C=O) groups excluding carboxylic acids is 3. The van der Waals surface area contributed by atoms with Crippen LogP contribution in [0.3, 0.4) is 0 Å². The van der Waals surface area contributed by atoms with Gasteiger partial charge in [0.2, 0.25) is 5.91 Å². The lowest BCUT2D eigenvalue weighted by molar-refractivity contribution is -0.130. The lowest BCUT2D eigenvalue weighted by atomic mass is 10.1. The molecule has 2 aromatic heterocycles. The number of nitrogens with one attached hydrogen (secondary N) is 1. The van der Waals surface area contributed by atoms with E-state index in [2.05, 4.69) is 33.4 Å². The summed E-state index contributed by atoms with van der Waals surface area (Å²) in [5, 5.41) is 1.93. The van der Waals surface area contributed by atoms with Crippen molar-refractivity contribution in [3.8, 4) is 11.3 Å². The summed E-state index contributed by atoms with van der Waals surface area (Å²) in [6, 6.07) is 12.2. The van der Waals surface area contributed by atoms with Crippen LogP contribution in [-0.2, 0) is 16.1 Å². The summed E-state index contributed by atoms with van der Waals surface area (Å²) < 4.78 is 2.00. The van der Waals surface area contributed by atoms with Crippen LogP contribution in [0.25, 0.3) is 23.0 Å². The van der Waals surface area contributed by atoms with Gasteiger partial charge < -0.3 is 4.90 Å². The molecule has 3 aromatic rings. The van der Waals surface area contributed by atoms with Crippen molar-refractivity contribution in [3.63, 3.8) is 0 Å². The Morgan fingerprint density at radius 3 is 2.70 bits per heavy atom. The average Bonchev–Trinajstić information content (AvgIpc) is 3.36. The van der Waals surface area contributed by atoms with Crippen LogP contribution < -0.4 is 5.32 Å². The minimum atomic E-state index is -0.368. The first-order valence-electron chi connectivity index (χ1n) is 10.8. The molecule has 5 rings (SSSR count). The SMILES string of the molecule is CC(=O)N1CCN(Cc2cccc(-c3cnc4ccc(C=C5SC(=O)NC5=O)cn34)c2)CC1. The Balaban J connectivity index is 1.38. The fraction of sp³-hybridized carbons (Fsp3) is 0.250. The fourth-order valence-corrected chi connectivity index (χ4v) is 4.86. The van der Waals surface area contributed by atoms with Gasteiger partial charge in [-0.05, 0) is 47.2 Å². The first kappa shape index (κ1) is 21.4. The van der Waals surface area contributed by atoms with Gasteiger partial charge in [-0.1, -0.05) is 18.2 Å². The summed E-state index contributed by atoms with van der Waals surface area (Å²) in [4.78, 5) is 44.0. The molecule has 2 aliphatic heterocycles. The molecule has 2 fully saturated rings. The topological polar surface area (TPSA) is 87.0 Å². The number of hydrogen-bond donors (Lipinski definition) is 1. The lowest BCUT2D eigenvalue weighted by Gasteiger charge is -2.34. The first-order valence-corrected chi connectivity index (χ1v) is 11.6. The molecular weight excluding hydrogens is 438 g/mol. The van der Waals surface area contributed by atoms with E-state index in [0.717, 1.165) is 67.0 Å². The van der Waals surface area contributed by atoms with Crippen molar-refractivity contribution < 1.29 is 14.4 Å². The summed E-state index contributed by atoms with van der Waals surface area (Å²) in [6.45, 7) is 5.72. The maximum atomic E-state index is 11.9. The average molecular weight is 462 g/mol. The van der Waals surface area contributed by atoms with Crippen molar-refractivity contribution in [3.05, 3.63) is 64.8 Å². The highest BCUT2D eigenvalue weighted by Gasteiger charge is 2.25. The zero-order chi connectivity index (χ0) is 22.9. The summed E-state index contributed by atoms with van der Waals surface area (Å²) in [6.07, 6.45) is 5.48. The molecule has 1 aromatic carbocycles. The molecular formula is C24H23N5O3S.